The summed E-state index contributed by atoms with van der Waals surface area (Å²) in [5, 5.41) is 14.6. The third-order valence-corrected chi connectivity index (χ3v) is 7.64. The number of nitrogens with one attached hydrogen (secondary N) is 2. The van der Waals surface area contributed by atoms with Crippen molar-refractivity contribution in [2.45, 2.75) is 44.1 Å². The molecule has 0 radical (unpaired) electrons. The Morgan fingerprint density at radius 1 is 0.932 bits per heavy atom. The number of nitrogens with zero attached hydrogens (tertiary/aromatic N) is 1. The van der Waals surface area contributed by atoms with Crippen LogP contribution in [0.1, 0.15) is 52.0 Å². The fraction of sp³-hybridized carbons (Fsp3) is 0.281. The summed E-state index contributed by atoms with van der Waals surface area (Å²) in [6.45, 7) is -0.899. The molecule has 1 aliphatic heterocycles. The van der Waals surface area contributed by atoms with Gasteiger partial charge in [-0.2, -0.15) is 0 Å². The number of halogens is 4. The normalized spacial score (nSPS) is 14.7. The van der Waals surface area contributed by atoms with Gasteiger partial charge in [0.1, 0.15) is 12.6 Å². The highest BCUT2D eigenvalue weighted by Crippen LogP contribution is 2.32. The van der Waals surface area contributed by atoms with Crippen molar-refractivity contribution in [3.63, 3.8) is 0 Å². The molecular weight excluding hydrogens is 615 g/mol. The summed E-state index contributed by atoms with van der Waals surface area (Å²) < 4.78 is 26.7. The zero-order valence-electron chi connectivity index (χ0n) is 23.4. The van der Waals surface area contributed by atoms with Crippen LogP contribution in [0.4, 0.5) is 8.78 Å². The van der Waals surface area contributed by atoms with Crippen molar-refractivity contribution in [3.8, 4) is 11.1 Å². The molecule has 0 bridgehead atoms. The van der Waals surface area contributed by atoms with Crippen LogP contribution in [0.5, 0.6) is 0 Å². The molecule has 0 aliphatic carbocycles. The molecule has 0 aromatic heterocycles. The lowest BCUT2D eigenvalue weighted by Crippen LogP contribution is -2.41. The van der Waals surface area contributed by atoms with Crippen LogP contribution < -0.4 is 10.6 Å². The fourth-order valence-electron chi connectivity index (χ4n) is 4.66. The molecule has 230 valence electrons. The smallest absolute Gasteiger partial charge is 0.326 e. The molecule has 0 saturated carbocycles. The first-order valence-corrected chi connectivity index (χ1v) is 14.5. The number of rotatable bonds is 12. The molecule has 3 aromatic rings. The lowest BCUT2D eigenvalue weighted by molar-refractivity contribution is -0.139. The van der Waals surface area contributed by atoms with E-state index in [1.54, 1.807) is 36.4 Å². The van der Waals surface area contributed by atoms with E-state index >= 15 is 0 Å². The van der Waals surface area contributed by atoms with Crippen molar-refractivity contribution in [3.05, 3.63) is 93.5 Å². The summed E-state index contributed by atoms with van der Waals surface area (Å²) in [5.74, 6) is -5.92. The largest absolute Gasteiger partial charge is 0.480 e. The number of hydrogen-bond donors (Lipinski definition) is 3. The van der Waals surface area contributed by atoms with E-state index < -0.39 is 42.1 Å². The Kier molecular flexibility index (Phi) is 10.8. The molecule has 3 N–H and O–H groups in total. The fourth-order valence-corrected chi connectivity index (χ4v) is 5.32. The lowest BCUT2D eigenvalue weighted by atomic mass is 9.98. The number of aliphatic imine (C=N–C) groups is 1. The van der Waals surface area contributed by atoms with Crippen molar-refractivity contribution >= 4 is 52.5 Å². The van der Waals surface area contributed by atoms with E-state index in [0.29, 0.717) is 17.7 Å². The Labute approximate surface area is 262 Å². The van der Waals surface area contributed by atoms with E-state index in [9.17, 15) is 33.1 Å². The molecule has 0 saturated heterocycles. The van der Waals surface area contributed by atoms with Gasteiger partial charge in [-0.3, -0.25) is 19.4 Å². The van der Waals surface area contributed by atoms with Gasteiger partial charge < -0.3 is 15.7 Å². The molecule has 1 aliphatic rings. The van der Waals surface area contributed by atoms with Crippen molar-refractivity contribution in [2.24, 2.45) is 4.99 Å². The van der Waals surface area contributed by atoms with Gasteiger partial charge in [-0.1, -0.05) is 65.7 Å². The monoisotopic (exact) mass is 643 g/mol. The molecule has 44 heavy (non-hydrogen) atoms. The Morgan fingerprint density at radius 3 is 2.27 bits per heavy atom. The molecule has 0 unspecified atom stereocenters. The molecule has 3 aromatic carbocycles. The number of hydrogen-bond acceptors (Lipinski definition) is 5. The van der Waals surface area contributed by atoms with Gasteiger partial charge in [-0.15, -0.1) is 0 Å². The number of carboxylic acids is 1. The van der Waals surface area contributed by atoms with Gasteiger partial charge in [0.2, 0.25) is 0 Å². The lowest BCUT2D eigenvalue weighted by Gasteiger charge is -2.20. The van der Waals surface area contributed by atoms with Crippen LogP contribution in [0.3, 0.4) is 0 Å². The van der Waals surface area contributed by atoms with Crippen molar-refractivity contribution in [2.75, 3.05) is 13.1 Å². The third-order valence-electron chi connectivity index (χ3n) is 7.05. The molecule has 1 heterocycles. The van der Waals surface area contributed by atoms with E-state index in [4.69, 9.17) is 23.2 Å². The summed E-state index contributed by atoms with van der Waals surface area (Å²) in [7, 11) is 0. The molecule has 1 atom stereocenters. The SMILES string of the molecule is O=C(CC[C@H](NC(=O)c1c(Cl)cc(-c2ccccc2)cc1Cl)C(=O)O)CNC(=O)c1cccc(CC2=NCC(F)(F)CC2)c1. The van der Waals surface area contributed by atoms with Gasteiger partial charge >= 0.3 is 5.97 Å². The molecule has 12 heteroatoms. The third kappa shape index (κ3) is 8.93. The number of carbonyl (C=O) groups is 4. The molecular formula is C32H29Cl2F2N3O5. The van der Waals surface area contributed by atoms with E-state index in [1.165, 1.54) is 0 Å². The van der Waals surface area contributed by atoms with Crippen molar-refractivity contribution in [1.82, 2.24) is 10.6 Å². The van der Waals surface area contributed by atoms with Gasteiger partial charge in [-0.05, 0) is 53.8 Å². The predicted molar refractivity (Wildman–Crippen MR) is 164 cm³/mol. The molecule has 2 amide bonds. The number of aliphatic carboxylic acids is 1. The summed E-state index contributed by atoms with van der Waals surface area (Å²) in [5.41, 5.74) is 3.06. The summed E-state index contributed by atoms with van der Waals surface area (Å²) in [4.78, 5) is 53.8. The average molecular weight is 645 g/mol. The topological polar surface area (TPSA) is 125 Å². The van der Waals surface area contributed by atoms with E-state index in [0.717, 1.165) is 11.1 Å². The van der Waals surface area contributed by atoms with Crippen LogP contribution in [0.2, 0.25) is 10.0 Å². The Morgan fingerprint density at radius 2 is 1.64 bits per heavy atom. The second-order valence-electron chi connectivity index (χ2n) is 10.4. The Hall–Kier alpha value is -4.15. The zero-order chi connectivity index (χ0) is 31.9. The number of carbonyl (C=O) groups excluding carboxylic acids is 3. The van der Waals surface area contributed by atoms with E-state index in [-0.39, 0.29) is 53.4 Å². The highest BCUT2D eigenvalue weighted by Gasteiger charge is 2.32. The second kappa shape index (κ2) is 14.5. The first-order valence-electron chi connectivity index (χ1n) is 13.8. The number of carboxylic acid groups (broad SMARTS) is 1. The zero-order valence-corrected chi connectivity index (χ0v) is 24.9. The van der Waals surface area contributed by atoms with Gasteiger partial charge in [0.25, 0.3) is 17.7 Å². The standard InChI is InChI=1S/C32H29Cl2F2N3O5/c33-25-15-22(20-6-2-1-3-7-20)16-26(34)28(25)30(42)39-27(31(43)44)10-9-24(40)17-37-29(41)21-8-4-5-19(13-21)14-23-11-12-32(35,36)18-38-23/h1-8,13,15-16,27H,9-12,14,17-18H2,(H,37,41)(H,39,42)(H,43,44)/t27-/m0/s1. The quantitative estimate of drug-likeness (QED) is 0.222. The van der Waals surface area contributed by atoms with Gasteiger partial charge in [-0.25, -0.2) is 13.6 Å². The highest BCUT2D eigenvalue weighted by molar-refractivity contribution is 6.40. The number of amides is 2. The van der Waals surface area contributed by atoms with E-state index in [1.807, 2.05) is 30.3 Å². The van der Waals surface area contributed by atoms with Crippen LogP contribution in [0, 0.1) is 0 Å². The maximum atomic E-state index is 13.3. The van der Waals surface area contributed by atoms with Crippen LogP contribution in [-0.4, -0.2) is 59.4 Å². The van der Waals surface area contributed by atoms with Gasteiger partial charge in [0.05, 0.1) is 22.2 Å². The van der Waals surface area contributed by atoms with Crippen LogP contribution in [0.15, 0.2) is 71.7 Å². The number of alkyl halides is 2. The average Bonchev–Trinajstić information content (AvgIpc) is 2.99. The van der Waals surface area contributed by atoms with Gasteiger partial charge in [0, 0.05) is 30.5 Å². The molecule has 0 spiro atoms. The highest BCUT2D eigenvalue weighted by atomic mass is 35.5. The first kappa shape index (κ1) is 32.8. The van der Waals surface area contributed by atoms with Crippen molar-refractivity contribution in [1.29, 1.82) is 0 Å². The predicted octanol–water partition coefficient (Wildman–Crippen LogP) is 6.04. The minimum atomic E-state index is -2.79. The van der Waals surface area contributed by atoms with Crippen LogP contribution in [-0.2, 0) is 16.0 Å². The minimum absolute atomic E-state index is 0.0362. The first-order chi connectivity index (χ1) is 20.9. The Balaban J connectivity index is 1.29. The summed E-state index contributed by atoms with van der Waals surface area (Å²) in [6, 6.07) is 17.5. The molecule has 0 fully saturated rings. The molecule has 8 nitrogen and oxygen atoms in total. The molecule has 4 rings (SSSR count). The number of Topliss-reactive ketones (excluding diaryl/α,β-unsaturated/α-hetero) is 1. The minimum Gasteiger partial charge on any atom is -0.480 e. The van der Waals surface area contributed by atoms with Crippen molar-refractivity contribution < 1.29 is 33.1 Å². The van der Waals surface area contributed by atoms with Crippen LogP contribution >= 0.6 is 23.2 Å². The Bertz CT molecular complexity index is 1570. The van der Waals surface area contributed by atoms with Gasteiger partial charge in [0.15, 0.2) is 5.78 Å². The van der Waals surface area contributed by atoms with Crippen LogP contribution in [0.25, 0.3) is 11.1 Å². The maximum Gasteiger partial charge on any atom is 0.326 e. The summed E-state index contributed by atoms with van der Waals surface area (Å²) in [6.07, 6.45) is -0.216. The maximum absolute atomic E-state index is 13.3. The number of ketones is 1. The van der Waals surface area contributed by atoms with E-state index in [2.05, 4.69) is 15.6 Å². The second-order valence-corrected chi connectivity index (χ2v) is 11.2. The number of benzene rings is 3. The summed E-state index contributed by atoms with van der Waals surface area (Å²) >= 11 is 12.7.